The average molecular weight is 308 g/mol. The van der Waals surface area contributed by atoms with Gasteiger partial charge in [0, 0.05) is 18.0 Å². The smallest absolute Gasteiger partial charge is 0.138 e. The predicted molar refractivity (Wildman–Crippen MR) is 84.8 cm³/mol. The SMILES string of the molecule is Cc1cc(Cl)cc(C(Cc2ncnn2CC(C)C)NN)c1. The molecule has 114 valence electrons. The van der Waals surface area contributed by atoms with Crippen LogP contribution in [0.5, 0.6) is 0 Å². The molecule has 1 aromatic heterocycles. The highest BCUT2D eigenvalue weighted by Gasteiger charge is 2.16. The van der Waals surface area contributed by atoms with Crippen molar-refractivity contribution >= 4 is 11.6 Å². The second-order valence-electron chi connectivity index (χ2n) is 5.74. The summed E-state index contributed by atoms with van der Waals surface area (Å²) in [5.41, 5.74) is 5.02. The standard InChI is InChI=1S/C15H22ClN5/c1-10(2)8-21-15(18-9-19-21)7-14(20-17)12-4-11(3)5-13(16)6-12/h4-6,9-10,14,20H,7-8,17H2,1-3H3. The van der Waals surface area contributed by atoms with Gasteiger partial charge in [0.2, 0.25) is 0 Å². The first kappa shape index (κ1) is 15.9. The zero-order chi connectivity index (χ0) is 15.4. The lowest BCUT2D eigenvalue weighted by atomic mass is 10.0. The molecule has 21 heavy (non-hydrogen) atoms. The summed E-state index contributed by atoms with van der Waals surface area (Å²) in [4.78, 5) is 4.35. The number of rotatable bonds is 6. The first-order chi connectivity index (χ1) is 9.99. The Hall–Kier alpha value is -1.43. The average Bonchev–Trinajstić information content (AvgIpc) is 2.81. The van der Waals surface area contributed by atoms with Crippen molar-refractivity contribution in [2.45, 2.75) is 39.8 Å². The Morgan fingerprint density at radius 1 is 1.33 bits per heavy atom. The van der Waals surface area contributed by atoms with Crippen LogP contribution in [0.1, 0.15) is 36.8 Å². The number of nitrogens with two attached hydrogens (primary N) is 1. The van der Waals surface area contributed by atoms with Crippen LogP contribution in [0.3, 0.4) is 0 Å². The van der Waals surface area contributed by atoms with Crippen LogP contribution in [-0.2, 0) is 13.0 Å². The summed E-state index contributed by atoms with van der Waals surface area (Å²) in [6, 6.07) is 5.90. The van der Waals surface area contributed by atoms with Gasteiger partial charge in [-0.1, -0.05) is 31.5 Å². The molecule has 0 saturated carbocycles. The molecule has 0 radical (unpaired) electrons. The van der Waals surface area contributed by atoms with Crippen LogP contribution in [0.4, 0.5) is 0 Å². The van der Waals surface area contributed by atoms with Crippen LogP contribution in [0.25, 0.3) is 0 Å². The maximum absolute atomic E-state index is 6.13. The summed E-state index contributed by atoms with van der Waals surface area (Å²) < 4.78 is 1.94. The van der Waals surface area contributed by atoms with Gasteiger partial charge in [0.15, 0.2) is 0 Å². The van der Waals surface area contributed by atoms with Crippen LogP contribution in [-0.4, -0.2) is 14.8 Å². The van der Waals surface area contributed by atoms with E-state index in [0.29, 0.717) is 17.4 Å². The van der Waals surface area contributed by atoms with Crippen molar-refractivity contribution in [2.24, 2.45) is 11.8 Å². The molecule has 0 amide bonds. The van der Waals surface area contributed by atoms with E-state index in [1.165, 1.54) is 0 Å². The minimum Gasteiger partial charge on any atom is -0.271 e. The minimum absolute atomic E-state index is 0.0440. The molecule has 0 saturated heterocycles. The number of aromatic nitrogens is 3. The molecule has 0 aliphatic rings. The van der Waals surface area contributed by atoms with Crippen molar-refractivity contribution < 1.29 is 0 Å². The van der Waals surface area contributed by atoms with Gasteiger partial charge in [-0.2, -0.15) is 5.10 Å². The maximum Gasteiger partial charge on any atom is 0.138 e. The molecule has 0 fully saturated rings. The quantitative estimate of drug-likeness (QED) is 0.636. The van der Waals surface area contributed by atoms with E-state index in [4.69, 9.17) is 17.4 Å². The van der Waals surface area contributed by atoms with E-state index in [1.54, 1.807) is 6.33 Å². The van der Waals surface area contributed by atoms with Crippen LogP contribution < -0.4 is 11.3 Å². The lowest BCUT2D eigenvalue weighted by molar-refractivity contribution is 0.446. The van der Waals surface area contributed by atoms with Crippen molar-refractivity contribution in [1.82, 2.24) is 20.2 Å². The molecule has 1 heterocycles. The Kier molecular flexibility index (Phi) is 5.33. The first-order valence-electron chi connectivity index (χ1n) is 7.09. The summed E-state index contributed by atoms with van der Waals surface area (Å²) in [7, 11) is 0. The second-order valence-corrected chi connectivity index (χ2v) is 6.17. The van der Waals surface area contributed by atoms with E-state index < -0.39 is 0 Å². The van der Waals surface area contributed by atoms with Gasteiger partial charge < -0.3 is 0 Å². The zero-order valence-electron chi connectivity index (χ0n) is 12.7. The van der Waals surface area contributed by atoms with Crippen LogP contribution in [0.15, 0.2) is 24.5 Å². The summed E-state index contributed by atoms with van der Waals surface area (Å²) in [6.07, 6.45) is 2.26. The number of hydrazine groups is 1. The van der Waals surface area contributed by atoms with Gasteiger partial charge >= 0.3 is 0 Å². The highest BCUT2D eigenvalue weighted by Crippen LogP contribution is 2.22. The number of benzene rings is 1. The van der Waals surface area contributed by atoms with Crippen LogP contribution >= 0.6 is 11.6 Å². The highest BCUT2D eigenvalue weighted by molar-refractivity contribution is 6.30. The number of halogens is 1. The molecule has 0 aliphatic carbocycles. The lowest BCUT2D eigenvalue weighted by Gasteiger charge is -2.18. The number of hydrogen-bond acceptors (Lipinski definition) is 4. The number of aryl methyl sites for hydroxylation is 1. The van der Waals surface area contributed by atoms with Gasteiger partial charge in [-0.05, 0) is 36.1 Å². The van der Waals surface area contributed by atoms with Crippen molar-refractivity contribution in [3.05, 3.63) is 46.5 Å². The van der Waals surface area contributed by atoms with E-state index in [2.05, 4.69) is 35.4 Å². The van der Waals surface area contributed by atoms with E-state index in [-0.39, 0.29) is 6.04 Å². The topological polar surface area (TPSA) is 68.8 Å². The van der Waals surface area contributed by atoms with Crippen molar-refractivity contribution in [3.63, 3.8) is 0 Å². The zero-order valence-corrected chi connectivity index (χ0v) is 13.4. The Labute approximate surface area is 130 Å². The fraction of sp³-hybridized carbons (Fsp3) is 0.467. The third-order valence-corrected chi connectivity index (χ3v) is 3.51. The molecule has 3 N–H and O–H groups in total. The molecule has 6 heteroatoms. The molecule has 5 nitrogen and oxygen atoms in total. The van der Waals surface area contributed by atoms with Crippen LogP contribution in [0.2, 0.25) is 5.02 Å². The normalized spacial score (nSPS) is 12.9. The largest absolute Gasteiger partial charge is 0.271 e. The Morgan fingerprint density at radius 2 is 2.10 bits per heavy atom. The van der Waals surface area contributed by atoms with Crippen molar-refractivity contribution in [2.75, 3.05) is 0 Å². The second kappa shape index (κ2) is 7.02. The van der Waals surface area contributed by atoms with E-state index in [1.807, 2.05) is 23.7 Å². The van der Waals surface area contributed by atoms with Gasteiger partial charge in [0.25, 0.3) is 0 Å². The summed E-state index contributed by atoms with van der Waals surface area (Å²) in [6.45, 7) is 7.18. The molecular weight excluding hydrogens is 286 g/mol. The number of hydrogen-bond donors (Lipinski definition) is 2. The summed E-state index contributed by atoms with van der Waals surface area (Å²) >= 11 is 6.13. The number of nitrogens with one attached hydrogen (secondary N) is 1. The van der Waals surface area contributed by atoms with E-state index in [0.717, 1.165) is 23.5 Å². The molecule has 1 aromatic carbocycles. The van der Waals surface area contributed by atoms with E-state index in [9.17, 15) is 0 Å². The van der Waals surface area contributed by atoms with Gasteiger partial charge in [-0.15, -0.1) is 0 Å². The highest BCUT2D eigenvalue weighted by atomic mass is 35.5. The third kappa shape index (κ3) is 4.27. The third-order valence-electron chi connectivity index (χ3n) is 3.29. The predicted octanol–water partition coefficient (Wildman–Crippen LogP) is 2.64. The molecular formula is C15H22ClN5. The van der Waals surface area contributed by atoms with Crippen molar-refractivity contribution in [1.29, 1.82) is 0 Å². The maximum atomic E-state index is 6.13. The van der Waals surface area contributed by atoms with Gasteiger partial charge in [-0.25, -0.2) is 9.67 Å². The minimum atomic E-state index is -0.0440. The molecule has 1 atom stereocenters. The fourth-order valence-electron chi connectivity index (χ4n) is 2.37. The van der Waals surface area contributed by atoms with Crippen molar-refractivity contribution in [3.8, 4) is 0 Å². The summed E-state index contributed by atoms with van der Waals surface area (Å²) in [5, 5.41) is 5.00. The lowest BCUT2D eigenvalue weighted by Crippen LogP contribution is -2.30. The Morgan fingerprint density at radius 3 is 2.71 bits per heavy atom. The fourth-order valence-corrected chi connectivity index (χ4v) is 2.66. The molecule has 2 aromatic rings. The van der Waals surface area contributed by atoms with Gasteiger partial charge in [0.1, 0.15) is 12.2 Å². The Balaban J connectivity index is 2.21. The van der Waals surface area contributed by atoms with E-state index >= 15 is 0 Å². The number of nitrogens with zero attached hydrogens (tertiary/aromatic N) is 3. The molecule has 0 bridgehead atoms. The summed E-state index contributed by atoms with van der Waals surface area (Å²) in [5.74, 6) is 7.16. The Bertz CT molecular complexity index is 573. The molecule has 0 aliphatic heterocycles. The monoisotopic (exact) mass is 307 g/mol. The van der Waals surface area contributed by atoms with Gasteiger partial charge in [0.05, 0.1) is 6.04 Å². The first-order valence-corrected chi connectivity index (χ1v) is 7.47. The molecule has 2 rings (SSSR count). The molecule has 1 unspecified atom stereocenters. The van der Waals surface area contributed by atoms with Crippen LogP contribution in [0, 0.1) is 12.8 Å². The van der Waals surface area contributed by atoms with Gasteiger partial charge in [-0.3, -0.25) is 11.3 Å². The molecule has 0 spiro atoms.